The topological polar surface area (TPSA) is 53.3 Å². The Labute approximate surface area is 120 Å². The van der Waals surface area contributed by atoms with E-state index in [1.807, 2.05) is 25.1 Å². The average Bonchev–Trinajstić information content (AvgIpc) is 3.26. The SMILES string of the molecule is COc1cc(C2(C(=O)N(C)CCC#N)CC2)ccc1C. The van der Waals surface area contributed by atoms with Crippen LogP contribution in [0, 0.1) is 18.3 Å². The highest BCUT2D eigenvalue weighted by Crippen LogP contribution is 2.50. The minimum atomic E-state index is -0.398. The normalized spacial score (nSPS) is 15.3. The van der Waals surface area contributed by atoms with Gasteiger partial charge in [0.2, 0.25) is 5.91 Å². The van der Waals surface area contributed by atoms with Crippen LogP contribution in [0.15, 0.2) is 18.2 Å². The van der Waals surface area contributed by atoms with E-state index in [-0.39, 0.29) is 5.91 Å². The number of nitrogens with zero attached hydrogens (tertiary/aromatic N) is 2. The zero-order chi connectivity index (χ0) is 14.8. The van der Waals surface area contributed by atoms with Crippen molar-refractivity contribution >= 4 is 5.91 Å². The number of benzene rings is 1. The molecule has 0 spiro atoms. The van der Waals surface area contributed by atoms with E-state index >= 15 is 0 Å². The van der Waals surface area contributed by atoms with Crippen LogP contribution in [0.2, 0.25) is 0 Å². The molecule has 4 heteroatoms. The Balaban J connectivity index is 2.23. The third kappa shape index (κ3) is 2.49. The molecule has 2 rings (SSSR count). The molecule has 0 unspecified atom stereocenters. The van der Waals surface area contributed by atoms with E-state index in [1.165, 1.54) is 0 Å². The van der Waals surface area contributed by atoms with Gasteiger partial charge in [-0.05, 0) is 37.0 Å². The second-order valence-electron chi connectivity index (χ2n) is 5.40. The van der Waals surface area contributed by atoms with E-state index in [9.17, 15) is 4.79 Å². The van der Waals surface area contributed by atoms with Crippen LogP contribution >= 0.6 is 0 Å². The molecular weight excluding hydrogens is 252 g/mol. The molecule has 0 aliphatic heterocycles. The quantitative estimate of drug-likeness (QED) is 0.827. The van der Waals surface area contributed by atoms with Crippen molar-refractivity contribution in [3.63, 3.8) is 0 Å². The summed E-state index contributed by atoms with van der Waals surface area (Å²) in [5.41, 5.74) is 1.69. The van der Waals surface area contributed by atoms with Gasteiger partial charge in [0.25, 0.3) is 0 Å². The fourth-order valence-electron chi connectivity index (χ4n) is 2.55. The van der Waals surface area contributed by atoms with Crippen molar-refractivity contribution in [2.75, 3.05) is 20.7 Å². The zero-order valence-corrected chi connectivity index (χ0v) is 12.3. The molecule has 106 valence electrons. The maximum atomic E-state index is 12.6. The fourth-order valence-corrected chi connectivity index (χ4v) is 2.55. The van der Waals surface area contributed by atoms with Crippen LogP contribution in [0.4, 0.5) is 0 Å². The van der Waals surface area contributed by atoms with Crippen LogP contribution in [-0.4, -0.2) is 31.5 Å². The Bertz CT molecular complexity index is 556. The van der Waals surface area contributed by atoms with Crippen LogP contribution in [-0.2, 0) is 10.2 Å². The van der Waals surface area contributed by atoms with E-state index in [0.29, 0.717) is 13.0 Å². The maximum Gasteiger partial charge on any atom is 0.233 e. The van der Waals surface area contributed by atoms with Crippen molar-refractivity contribution < 1.29 is 9.53 Å². The lowest BCUT2D eigenvalue weighted by atomic mass is 9.93. The average molecular weight is 272 g/mol. The molecule has 0 saturated heterocycles. The first kappa shape index (κ1) is 14.4. The summed E-state index contributed by atoms with van der Waals surface area (Å²) < 4.78 is 5.35. The van der Waals surface area contributed by atoms with Gasteiger partial charge in [-0.3, -0.25) is 4.79 Å². The van der Waals surface area contributed by atoms with Crippen molar-refractivity contribution in [1.82, 2.24) is 4.90 Å². The summed E-state index contributed by atoms with van der Waals surface area (Å²) in [6.45, 7) is 2.48. The molecule has 1 aromatic rings. The van der Waals surface area contributed by atoms with Crippen LogP contribution in [0.5, 0.6) is 5.75 Å². The van der Waals surface area contributed by atoms with Crippen molar-refractivity contribution in [3.05, 3.63) is 29.3 Å². The monoisotopic (exact) mass is 272 g/mol. The lowest BCUT2D eigenvalue weighted by Crippen LogP contribution is -2.37. The van der Waals surface area contributed by atoms with Crippen molar-refractivity contribution in [3.8, 4) is 11.8 Å². The van der Waals surface area contributed by atoms with Crippen LogP contribution < -0.4 is 4.74 Å². The van der Waals surface area contributed by atoms with Crippen molar-refractivity contribution in [1.29, 1.82) is 5.26 Å². The zero-order valence-electron chi connectivity index (χ0n) is 12.3. The molecular formula is C16H20N2O2. The summed E-state index contributed by atoms with van der Waals surface area (Å²) >= 11 is 0. The Morgan fingerprint density at radius 1 is 1.50 bits per heavy atom. The Hall–Kier alpha value is -2.02. The number of carbonyl (C=O) groups excluding carboxylic acids is 1. The highest BCUT2D eigenvalue weighted by Gasteiger charge is 2.52. The standard InChI is InChI=1S/C16H20N2O2/c1-12-5-6-13(11-14(12)20-3)16(7-8-16)15(19)18(2)10-4-9-17/h5-6,11H,4,7-8,10H2,1-3H3. The van der Waals surface area contributed by atoms with Gasteiger partial charge in [0.15, 0.2) is 0 Å². The molecule has 0 radical (unpaired) electrons. The molecule has 1 aliphatic rings. The lowest BCUT2D eigenvalue weighted by Gasteiger charge is -2.23. The van der Waals surface area contributed by atoms with Crippen molar-refractivity contribution in [2.24, 2.45) is 0 Å². The largest absolute Gasteiger partial charge is 0.496 e. The van der Waals surface area contributed by atoms with Crippen LogP contribution in [0.3, 0.4) is 0 Å². The van der Waals surface area contributed by atoms with Crippen LogP contribution in [0.25, 0.3) is 0 Å². The lowest BCUT2D eigenvalue weighted by molar-refractivity contribution is -0.132. The molecule has 0 atom stereocenters. The minimum absolute atomic E-state index is 0.110. The summed E-state index contributed by atoms with van der Waals surface area (Å²) in [4.78, 5) is 14.3. The first-order chi connectivity index (χ1) is 9.55. The summed E-state index contributed by atoms with van der Waals surface area (Å²) in [5.74, 6) is 0.930. The summed E-state index contributed by atoms with van der Waals surface area (Å²) in [6.07, 6.45) is 2.11. The third-order valence-electron chi connectivity index (χ3n) is 4.03. The van der Waals surface area contributed by atoms with Gasteiger partial charge in [-0.1, -0.05) is 12.1 Å². The van der Waals surface area contributed by atoms with E-state index in [4.69, 9.17) is 10.00 Å². The number of hydrogen-bond donors (Lipinski definition) is 0. The van der Waals surface area contributed by atoms with E-state index in [2.05, 4.69) is 6.07 Å². The van der Waals surface area contributed by atoms with E-state index < -0.39 is 5.41 Å². The number of nitriles is 1. The summed E-state index contributed by atoms with van der Waals surface area (Å²) in [6, 6.07) is 8.06. The van der Waals surface area contributed by atoms with Gasteiger partial charge >= 0.3 is 0 Å². The predicted molar refractivity (Wildman–Crippen MR) is 76.5 cm³/mol. The second kappa shape index (κ2) is 5.54. The highest BCUT2D eigenvalue weighted by atomic mass is 16.5. The fraction of sp³-hybridized carbons (Fsp3) is 0.500. The van der Waals surface area contributed by atoms with E-state index in [1.54, 1.807) is 19.1 Å². The number of amides is 1. The Morgan fingerprint density at radius 3 is 2.75 bits per heavy atom. The van der Waals surface area contributed by atoms with E-state index in [0.717, 1.165) is 29.7 Å². The molecule has 1 aliphatic carbocycles. The smallest absolute Gasteiger partial charge is 0.233 e. The van der Waals surface area contributed by atoms with Gasteiger partial charge in [-0.15, -0.1) is 0 Å². The molecule has 20 heavy (non-hydrogen) atoms. The second-order valence-corrected chi connectivity index (χ2v) is 5.40. The number of rotatable bonds is 5. The molecule has 1 amide bonds. The molecule has 0 N–H and O–H groups in total. The first-order valence-electron chi connectivity index (χ1n) is 6.83. The molecule has 1 saturated carbocycles. The number of aryl methyl sites for hydroxylation is 1. The van der Waals surface area contributed by atoms with Gasteiger partial charge in [0.1, 0.15) is 5.75 Å². The molecule has 0 aromatic heterocycles. The number of carbonyl (C=O) groups is 1. The third-order valence-corrected chi connectivity index (χ3v) is 4.03. The first-order valence-corrected chi connectivity index (χ1v) is 6.83. The summed E-state index contributed by atoms with van der Waals surface area (Å²) in [7, 11) is 3.41. The number of hydrogen-bond acceptors (Lipinski definition) is 3. The molecule has 0 bridgehead atoms. The van der Waals surface area contributed by atoms with Gasteiger partial charge in [-0.25, -0.2) is 0 Å². The number of likely N-dealkylation sites (N-methyl/N-ethyl adjacent to an activating group) is 1. The minimum Gasteiger partial charge on any atom is -0.496 e. The molecule has 1 fully saturated rings. The maximum absolute atomic E-state index is 12.6. The van der Waals surface area contributed by atoms with Gasteiger partial charge in [0, 0.05) is 13.6 Å². The molecule has 4 nitrogen and oxygen atoms in total. The number of ether oxygens (including phenoxy) is 1. The molecule has 0 heterocycles. The van der Waals surface area contributed by atoms with Gasteiger partial charge in [-0.2, -0.15) is 5.26 Å². The number of methoxy groups -OCH3 is 1. The van der Waals surface area contributed by atoms with Gasteiger partial charge in [0.05, 0.1) is 25.0 Å². The molecule has 1 aromatic carbocycles. The summed E-state index contributed by atoms with van der Waals surface area (Å²) in [5, 5.41) is 8.63. The Morgan fingerprint density at radius 2 is 2.20 bits per heavy atom. The van der Waals surface area contributed by atoms with Crippen molar-refractivity contribution in [2.45, 2.75) is 31.6 Å². The predicted octanol–water partition coefficient (Wildman–Crippen LogP) is 2.41. The highest BCUT2D eigenvalue weighted by molar-refractivity contribution is 5.91. The van der Waals surface area contributed by atoms with Gasteiger partial charge < -0.3 is 9.64 Å². The Kier molecular flexibility index (Phi) is 3.99. The van der Waals surface area contributed by atoms with Crippen LogP contribution in [0.1, 0.15) is 30.4 Å².